The number of hydrogen-bond donors (Lipinski definition) is 0. The number of nitrogens with zero attached hydrogens (tertiary/aromatic N) is 7. The van der Waals surface area contributed by atoms with Gasteiger partial charge in [0.2, 0.25) is 0 Å². The molecule has 76 heavy (non-hydrogen) atoms. The van der Waals surface area contributed by atoms with Gasteiger partial charge in [-0.15, -0.1) is 0 Å². The lowest BCUT2D eigenvalue weighted by molar-refractivity contribution is -0.137. The lowest BCUT2D eigenvalue weighted by Gasteiger charge is -2.23. The lowest BCUT2D eigenvalue weighted by Crippen LogP contribution is -2.11. The minimum Gasteiger partial charge on any atom is -0.309 e. The van der Waals surface area contributed by atoms with Crippen molar-refractivity contribution >= 4 is 43.6 Å². The minimum atomic E-state index is -4.86. The molecule has 7 nitrogen and oxygen atoms in total. The van der Waals surface area contributed by atoms with E-state index in [0.29, 0.717) is 105 Å². The average molecular weight is 982 g/mol. The summed E-state index contributed by atoms with van der Waals surface area (Å²) in [5, 5.41) is 53.9. The third-order valence-electron chi connectivity index (χ3n) is 14.2. The van der Waals surface area contributed by atoms with Crippen molar-refractivity contribution in [2.75, 3.05) is 0 Å². The van der Waals surface area contributed by atoms with E-state index in [1.807, 2.05) is 130 Å². The van der Waals surface area contributed by atoms with Crippen LogP contribution in [0.4, 0.5) is 13.2 Å². The summed E-state index contributed by atoms with van der Waals surface area (Å²) in [7, 11) is 0. The summed E-state index contributed by atoms with van der Waals surface area (Å²) in [5.41, 5.74) is 10.2. The maximum atomic E-state index is 16.0. The van der Waals surface area contributed by atoms with Crippen LogP contribution in [0.3, 0.4) is 0 Å². The van der Waals surface area contributed by atoms with Crippen LogP contribution in [0.5, 0.6) is 0 Å². The number of nitriles is 5. The molecule has 354 valence electrons. The second-order valence-electron chi connectivity index (χ2n) is 18.3. The molecule has 2 heterocycles. The highest BCUT2D eigenvalue weighted by atomic mass is 19.4. The van der Waals surface area contributed by atoms with Crippen LogP contribution in [-0.2, 0) is 6.18 Å². The lowest BCUT2D eigenvalue weighted by atomic mass is 9.96. The van der Waals surface area contributed by atoms with Gasteiger partial charge < -0.3 is 9.13 Å². The topological polar surface area (TPSA) is 129 Å². The van der Waals surface area contributed by atoms with Crippen molar-refractivity contribution in [1.82, 2.24) is 9.13 Å². The van der Waals surface area contributed by atoms with Crippen molar-refractivity contribution in [2.45, 2.75) is 6.18 Å². The Hall–Kier alpha value is -11.0. The smallest absolute Gasteiger partial charge is 0.309 e. The van der Waals surface area contributed by atoms with Gasteiger partial charge in [0.15, 0.2) is 0 Å². The second-order valence-corrected chi connectivity index (χ2v) is 18.3. The Morgan fingerprint density at radius 1 is 0.316 bits per heavy atom. The highest BCUT2D eigenvalue weighted by molar-refractivity contribution is 6.14. The molecule has 0 aliphatic rings. The molecule has 10 heteroatoms. The fraction of sp³-hybridized carbons (Fsp3) is 0.0152. The van der Waals surface area contributed by atoms with Crippen molar-refractivity contribution < 1.29 is 13.2 Å². The third-order valence-corrected chi connectivity index (χ3v) is 14.2. The summed E-state index contributed by atoms with van der Waals surface area (Å²) in [6.45, 7) is 0. The largest absolute Gasteiger partial charge is 0.416 e. The van der Waals surface area contributed by atoms with Crippen molar-refractivity contribution in [3.05, 3.63) is 240 Å². The van der Waals surface area contributed by atoms with E-state index >= 15 is 13.2 Å². The molecular weight excluding hydrogens is 948 g/mol. The van der Waals surface area contributed by atoms with E-state index in [1.54, 1.807) is 72.8 Å². The molecule has 0 atom stereocenters. The Kier molecular flexibility index (Phi) is 11.1. The van der Waals surface area contributed by atoms with E-state index in [4.69, 9.17) is 0 Å². The van der Waals surface area contributed by atoms with Crippen molar-refractivity contribution in [1.29, 1.82) is 26.3 Å². The van der Waals surface area contributed by atoms with Gasteiger partial charge in [-0.1, -0.05) is 109 Å². The molecule has 0 radical (unpaired) electrons. The first-order chi connectivity index (χ1) is 37.1. The van der Waals surface area contributed by atoms with Crippen LogP contribution in [0.15, 0.2) is 206 Å². The number of halogens is 3. The SMILES string of the molecule is N#Cc1cccc(-c2c(-n3c4ccc(-c5ccccc5C#N)cc4c4cc(-c5ccccc5C#N)ccc43)cc(C(F)(F)F)cc2-n2c3ccc(-c4ccccc4C#N)cc3c3cc(-c4ccccc4C#N)ccc32)c1. The number of hydrogen-bond acceptors (Lipinski definition) is 5. The molecule has 12 aromatic rings. The molecule has 10 aromatic carbocycles. The highest BCUT2D eigenvalue weighted by Gasteiger charge is 2.35. The van der Waals surface area contributed by atoms with Gasteiger partial charge in [-0.05, 0) is 147 Å². The summed E-state index contributed by atoms with van der Waals surface area (Å²) < 4.78 is 51.7. The zero-order valence-corrected chi connectivity index (χ0v) is 39.9. The van der Waals surface area contributed by atoms with Gasteiger partial charge >= 0.3 is 6.18 Å². The van der Waals surface area contributed by atoms with Gasteiger partial charge in [0.25, 0.3) is 0 Å². The van der Waals surface area contributed by atoms with Crippen LogP contribution in [0.25, 0.3) is 111 Å². The van der Waals surface area contributed by atoms with Gasteiger partial charge in [-0.25, -0.2) is 0 Å². The zero-order valence-electron chi connectivity index (χ0n) is 39.9. The molecule has 0 unspecified atom stereocenters. The Morgan fingerprint density at radius 2 is 0.645 bits per heavy atom. The van der Waals surface area contributed by atoms with E-state index in [-0.39, 0.29) is 11.4 Å². The van der Waals surface area contributed by atoms with E-state index in [9.17, 15) is 26.3 Å². The van der Waals surface area contributed by atoms with Gasteiger partial charge in [0.1, 0.15) is 0 Å². The van der Waals surface area contributed by atoms with Crippen LogP contribution in [0.1, 0.15) is 33.4 Å². The normalized spacial score (nSPS) is 11.3. The zero-order chi connectivity index (χ0) is 52.2. The van der Waals surface area contributed by atoms with Gasteiger partial charge in [0, 0.05) is 27.1 Å². The van der Waals surface area contributed by atoms with Crippen molar-refractivity contribution in [2.24, 2.45) is 0 Å². The van der Waals surface area contributed by atoms with E-state index in [1.165, 1.54) is 0 Å². The molecule has 2 aromatic heterocycles. The maximum Gasteiger partial charge on any atom is 0.416 e. The summed E-state index contributed by atoms with van der Waals surface area (Å²) in [6.07, 6.45) is -4.86. The quantitative estimate of drug-likeness (QED) is 0.157. The fourth-order valence-corrected chi connectivity index (χ4v) is 10.7. The monoisotopic (exact) mass is 981 g/mol. The van der Waals surface area contributed by atoms with Crippen LogP contribution in [0, 0.1) is 56.7 Å². The Labute approximate surface area is 433 Å². The van der Waals surface area contributed by atoms with Crippen molar-refractivity contribution in [3.8, 4) is 97.4 Å². The Bertz CT molecular complexity index is 4170. The molecule has 12 rings (SSSR count). The van der Waals surface area contributed by atoms with E-state index in [0.717, 1.165) is 34.4 Å². The second kappa shape index (κ2) is 18.3. The molecule has 0 fully saturated rings. The van der Waals surface area contributed by atoms with E-state index in [2.05, 4.69) is 30.3 Å². The molecule has 0 bridgehead atoms. The molecule has 0 aliphatic heterocycles. The molecule has 0 aliphatic carbocycles. The van der Waals surface area contributed by atoms with Gasteiger partial charge in [0.05, 0.1) is 97.2 Å². The molecule has 0 saturated carbocycles. The van der Waals surface area contributed by atoms with Gasteiger partial charge in [-0.2, -0.15) is 39.5 Å². The number of aromatic nitrogens is 2. The van der Waals surface area contributed by atoms with Crippen LogP contribution < -0.4 is 0 Å². The summed E-state index contributed by atoms with van der Waals surface area (Å²) in [4.78, 5) is 0. The number of alkyl halides is 3. The Balaban J connectivity index is 1.24. The predicted octanol–water partition coefficient (Wildman–Crippen LogP) is 16.6. The maximum absolute atomic E-state index is 16.0. The highest BCUT2D eigenvalue weighted by Crippen LogP contribution is 2.47. The van der Waals surface area contributed by atoms with E-state index < -0.39 is 11.7 Å². The average Bonchev–Trinajstić information content (AvgIpc) is 4.15. The third kappa shape index (κ3) is 7.57. The minimum absolute atomic E-state index is 0.171. The fourth-order valence-electron chi connectivity index (χ4n) is 10.7. The first-order valence-corrected chi connectivity index (χ1v) is 24.0. The summed E-state index contributed by atoms with van der Waals surface area (Å²) in [5.74, 6) is 0. The van der Waals surface area contributed by atoms with Gasteiger partial charge in [-0.3, -0.25) is 0 Å². The van der Waals surface area contributed by atoms with Crippen molar-refractivity contribution in [3.63, 3.8) is 0 Å². The number of benzene rings is 10. The number of fused-ring (bicyclic) bond motifs is 6. The summed E-state index contributed by atoms with van der Waals surface area (Å²) >= 11 is 0. The number of rotatable bonds is 7. The first kappa shape index (κ1) is 46.1. The van der Waals surface area contributed by atoms with Crippen LogP contribution in [0.2, 0.25) is 0 Å². The Morgan fingerprint density at radius 3 is 0.947 bits per heavy atom. The molecule has 0 amide bonds. The predicted molar refractivity (Wildman–Crippen MR) is 291 cm³/mol. The molecule has 0 spiro atoms. The summed E-state index contributed by atoms with van der Waals surface area (Å²) in [6, 6.07) is 72.2. The molecule has 0 saturated heterocycles. The van der Waals surface area contributed by atoms with Crippen LogP contribution in [-0.4, -0.2) is 9.13 Å². The standard InChI is InChI=1S/C66H34F3N7/c67-66(68,69)50-33-63(75-59-24-20-41(51-16-5-1-11-46(51)36-71)29-55(59)56-30-42(21-25-60(56)75)52-17-6-2-12-47(52)37-72)65(45-15-9-10-40(28-45)35-70)64(34-50)76-61-26-22-43(53-18-7-3-13-48(53)38-73)31-57(61)58-32-44(23-27-62(58)76)54-19-8-4-14-49(54)39-74/h1-34H. The first-order valence-electron chi connectivity index (χ1n) is 24.0. The van der Waals surface area contributed by atoms with Crippen LogP contribution >= 0.6 is 0 Å². The molecular formula is C66H34F3N7. The molecule has 0 N–H and O–H groups in total.